The monoisotopic (exact) mass is 485 g/mol. The van der Waals surface area contributed by atoms with E-state index >= 15 is 0 Å². The van der Waals surface area contributed by atoms with Crippen LogP contribution in [0.5, 0.6) is 0 Å². The van der Waals surface area contributed by atoms with Gasteiger partial charge in [-0.2, -0.15) is 0 Å². The Labute approximate surface area is 210 Å². The number of aliphatic hydroxyl groups is 2. The lowest BCUT2D eigenvalue weighted by Crippen LogP contribution is -2.52. The van der Waals surface area contributed by atoms with E-state index in [1.165, 1.54) is 24.1 Å². The predicted molar refractivity (Wildman–Crippen MR) is 140 cm³/mol. The van der Waals surface area contributed by atoms with E-state index in [1.807, 2.05) is 12.2 Å². The fraction of sp³-hybridized carbons (Fsp3) is 0.586. The Balaban J connectivity index is 1.73. The van der Waals surface area contributed by atoms with Crippen molar-refractivity contribution in [2.24, 2.45) is 17.8 Å². The molecule has 194 valence electrons. The predicted octanol–water partition coefficient (Wildman–Crippen LogP) is 4.20. The van der Waals surface area contributed by atoms with Crippen molar-refractivity contribution >= 4 is 11.7 Å². The number of fused-ring (bicyclic) bond motifs is 1. The van der Waals surface area contributed by atoms with Crippen molar-refractivity contribution in [1.29, 1.82) is 0 Å². The van der Waals surface area contributed by atoms with E-state index in [0.717, 1.165) is 12.8 Å². The van der Waals surface area contributed by atoms with E-state index < -0.39 is 36.0 Å². The summed E-state index contributed by atoms with van der Waals surface area (Å²) >= 11 is 0. The van der Waals surface area contributed by atoms with E-state index in [-0.39, 0.29) is 12.5 Å². The van der Waals surface area contributed by atoms with E-state index in [9.17, 15) is 19.8 Å². The summed E-state index contributed by atoms with van der Waals surface area (Å²) < 4.78 is 5.31. The van der Waals surface area contributed by atoms with Gasteiger partial charge in [0.25, 0.3) is 0 Å². The molecule has 35 heavy (non-hydrogen) atoms. The third-order valence-electron chi connectivity index (χ3n) is 6.66. The molecule has 0 aromatic heterocycles. The van der Waals surface area contributed by atoms with Crippen LogP contribution in [0.4, 0.5) is 0 Å². The summed E-state index contributed by atoms with van der Waals surface area (Å²) in [6.45, 7) is 10.8. The summed E-state index contributed by atoms with van der Waals surface area (Å²) in [5, 5.41) is 22.9. The zero-order valence-electron chi connectivity index (χ0n) is 21.8. The molecule has 0 aromatic carbocycles. The van der Waals surface area contributed by atoms with Gasteiger partial charge in [0.05, 0.1) is 12.6 Å². The van der Waals surface area contributed by atoms with Crippen LogP contribution in [0.3, 0.4) is 0 Å². The third-order valence-corrected chi connectivity index (χ3v) is 6.66. The quantitative estimate of drug-likeness (QED) is 0.148. The standard InChI is InChI=1S/C29H43NO5/c1-6-20(2)15-22(4)17-23(5)16-21(3)11-9-7-8-10-12-27(33)30-24(19-31)18-29(34)26(32)14-13-25-28(29)35-25/h7-15,20-21,23-25,28,31,34H,6,16-19H2,1-5H3,(H,30,33). The number of carbonyl (C=O) groups excluding carboxylic acids is 2. The Kier molecular flexibility index (Phi) is 11.3. The zero-order chi connectivity index (χ0) is 26.0. The fourth-order valence-corrected chi connectivity index (χ4v) is 4.67. The molecule has 0 spiro atoms. The maximum absolute atomic E-state index is 12.2. The number of rotatable bonds is 14. The molecule has 7 atom stereocenters. The van der Waals surface area contributed by atoms with Gasteiger partial charge in [0, 0.05) is 12.5 Å². The zero-order valence-corrected chi connectivity index (χ0v) is 21.8. The van der Waals surface area contributed by atoms with Crippen molar-refractivity contribution in [3.05, 3.63) is 60.3 Å². The minimum absolute atomic E-state index is 0.102. The van der Waals surface area contributed by atoms with Gasteiger partial charge < -0.3 is 20.3 Å². The molecule has 6 nitrogen and oxygen atoms in total. The van der Waals surface area contributed by atoms with Gasteiger partial charge in [-0.05, 0) is 49.7 Å². The van der Waals surface area contributed by atoms with Gasteiger partial charge in [0.1, 0.15) is 12.2 Å². The summed E-state index contributed by atoms with van der Waals surface area (Å²) in [4.78, 5) is 24.3. The molecule has 2 rings (SSSR count). The number of epoxide rings is 1. The van der Waals surface area contributed by atoms with Crippen LogP contribution in [-0.2, 0) is 14.3 Å². The second-order valence-corrected chi connectivity index (χ2v) is 10.3. The highest BCUT2D eigenvalue weighted by atomic mass is 16.6. The van der Waals surface area contributed by atoms with Crippen LogP contribution < -0.4 is 5.32 Å². The fourth-order valence-electron chi connectivity index (χ4n) is 4.67. The molecule has 7 unspecified atom stereocenters. The summed E-state index contributed by atoms with van der Waals surface area (Å²) in [6, 6.07) is -0.757. The van der Waals surface area contributed by atoms with Crippen LogP contribution in [0, 0.1) is 17.8 Å². The van der Waals surface area contributed by atoms with Gasteiger partial charge in [-0.3, -0.25) is 9.59 Å². The number of hydrogen-bond donors (Lipinski definition) is 3. The van der Waals surface area contributed by atoms with Crippen LogP contribution in [-0.4, -0.2) is 52.4 Å². The second-order valence-electron chi connectivity index (χ2n) is 10.3. The molecule has 1 saturated heterocycles. The summed E-state index contributed by atoms with van der Waals surface area (Å²) in [5.41, 5.74) is -0.248. The molecule has 1 fully saturated rings. The average Bonchev–Trinajstić information content (AvgIpc) is 3.59. The SMILES string of the molecule is CCC(C)C=C(C)CC(C)CC(C)C=CC=CC=CC(=O)NC(CO)CC1(O)C(=O)C=CC2OC21. The molecular formula is C29H43NO5. The van der Waals surface area contributed by atoms with Crippen LogP contribution in [0.1, 0.15) is 60.3 Å². The first-order valence-electron chi connectivity index (χ1n) is 12.8. The number of amides is 1. The van der Waals surface area contributed by atoms with Gasteiger partial charge >= 0.3 is 0 Å². The number of hydrogen-bond acceptors (Lipinski definition) is 5. The molecule has 1 aliphatic carbocycles. The first-order chi connectivity index (χ1) is 16.6. The first-order valence-corrected chi connectivity index (χ1v) is 12.8. The highest BCUT2D eigenvalue weighted by molar-refractivity contribution is 5.99. The maximum Gasteiger partial charge on any atom is 0.244 e. The topological polar surface area (TPSA) is 99.2 Å². The Bertz CT molecular complexity index is 870. The van der Waals surface area contributed by atoms with Gasteiger partial charge in [-0.25, -0.2) is 0 Å². The Morgan fingerprint density at radius 2 is 1.91 bits per heavy atom. The van der Waals surface area contributed by atoms with Crippen molar-refractivity contribution in [2.75, 3.05) is 6.61 Å². The minimum Gasteiger partial charge on any atom is -0.394 e. The van der Waals surface area contributed by atoms with Crippen molar-refractivity contribution < 1.29 is 24.5 Å². The lowest BCUT2D eigenvalue weighted by Gasteiger charge is -2.29. The highest BCUT2D eigenvalue weighted by Crippen LogP contribution is 2.40. The molecule has 0 saturated carbocycles. The lowest BCUT2D eigenvalue weighted by molar-refractivity contribution is -0.137. The van der Waals surface area contributed by atoms with Crippen molar-refractivity contribution in [1.82, 2.24) is 5.32 Å². The number of ketones is 1. The van der Waals surface area contributed by atoms with Crippen LogP contribution >= 0.6 is 0 Å². The molecule has 1 heterocycles. The summed E-state index contributed by atoms with van der Waals surface area (Å²) in [5.74, 6) is 0.852. The van der Waals surface area contributed by atoms with E-state index in [0.29, 0.717) is 17.8 Å². The van der Waals surface area contributed by atoms with Crippen LogP contribution in [0.15, 0.2) is 60.3 Å². The maximum atomic E-state index is 12.2. The Morgan fingerprint density at radius 3 is 2.60 bits per heavy atom. The number of ether oxygens (including phenoxy) is 1. The molecule has 0 radical (unpaired) electrons. The largest absolute Gasteiger partial charge is 0.394 e. The van der Waals surface area contributed by atoms with Gasteiger partial charge in [0.15, 0.2) is 11.4 Å². The number of allylic oxidation sites excluding steroid dienone is 7. The molecule has 1 aliphatic heterocycles. The van der Waals surface area contributed by atoms with Crippen LogP contribution in [0.2, 0.25) is 0 Å². The smallest absolute Gasteiger partial charge is 0.244 e. The Hall–Kier alpha value is -2.28. The van der Waals surface area contributed by atoms with Crippen molar-refractivity contribution in [2.45, 2.75) is 84.2 Å². The summed E-state index contributed by atoms with van der Waals surface area (Å²) in [6.07, 6.45) is 18.5. The van der Waals surface area contributed by atoms with Crippen molar-refractivity contribution in [3.8, 4) is 0 Å². The normalized spacial score (nSPS) is 27.9. The van der Waals surface area contributed by atoms with Gasteiger partial charge in [0.2, 0.25) is 5.91 Å². The number of aliphatic hydroxyl groups excluding tert-OH is 1. The van der Waals surface area contributed by atoms with Crippen LogP contribution in [0.25, 0.3) is 0 Å². The molecular weight excluding hydrogens is 442 g/mol. The first kappa shape index (κ1) is 29.0. The molecule has 2 aliphatic rings. The van der Waals surface area contributed by atoms with E-state index in [2.05, 4.69) is 52.1 Å². The number of carbonyl (C=O) groups is 2. The van der Waals surface area contributed by atoms with Gasteiger partial charge in [-0.1, -0.05) is 76.1 Å². The average molecular weight is 486 g/mol. The molecule has 0 bridgehead atoms. The lowest BCUT2D eigenvalue weighted by atomic mass is 9.82. The minimum atomic E-state index is -1.72. The molecule has 6 heteroatoms. The molecule has 3 N–H and O–H groups in total. The third kappa shape index (κ3) is 9.36. The van der Waals surface area contributed by atoms with Crippen molar-refractivity contribution in [3.63, 3.8) is 0 Å². The highest BCUT2D eigenvalue weighted by Gasteiger charge is 2.59. The summed E-state index contributed by atoms with van der Waals surface area (Å²) in [7, 11) is 0. The number of nitrogens with one attached hydrogen (secondary N) is 1. The Morgan fingerprint density at radius 1 is 1.20 bits per heavy atom. The van der Waals surface area contributed by atoms with E-state index in [4.69, 9.17) is 4.74 Å². The molecule has 0 aromatic rings. The molecule has 1 amide bonds. The second kappa shape index (κ2) is 13.7. The van der Waals surface area contributed by atoms with E-state index in [1.54, 1.807) is 18.2 Å². The van der Waals surface area contributed by atoms with Gasteiger partial charge in [-0.15, -0.1) is 0 Å².